The molecule has 4 nitrogen and oxygen atoms in total. The second-order valence-electron chi connectivity index (χ2n) is 3.52. The van der Waals surface area contributed by atoms with E-state index < -0.39 is 5.97 Å². The van der Waals surface area contributed by atoms with Gasteiger partial charge in [-0.2, -0.15) is 0 Å². The number of aliphatic carboxylic acids is 1. The van der Waals surface area contributed by atoms with Crippen LogP contribution in [0.2, 0.25) is 0 Å². The van der Waals surface area contributed by atoms with Gasteiger partial charge in [-0.25, -0.2) is 0 Å². The summed E-state index contributed by atoms with van der Waals surface area (Å²) in [7, 11) is 0. The molecule has 1 N–H and O–H groups in total. The molecule has 1 aromatic carbocycles. The smallest absolute Gasteiger partial charge is 0.303 e. The third-order valence-corrected chi connectivity index (χ3v) is 3.01. The van der Waals surface area contributed by atoms with Crippen LogP contribution in [0.1, 0.15) is 18.4 Å². The van der Waals surface area contributed by atoms with Gasteiger partial charge in [-0.3, -0.25) is 4.79 Å². The number of hydrogen-bond donors (Lipinski definition) is 1. The van der Waals surface area contributed by atoms with Crippen LogP contribution in [0.25, 0.3) is 0 Å². The Morgan fingerprint density at radius 2 is 2.12 bits per heavy atom. The zero-order valence-corrected chi connectivity index (χ0v) is 10.1. The normalized spacial score (nSPS) is 12.8. The van der Waals surface area contributed by atoms with Crippen molar-refractivity contribution in [3.05, 3.63) is 22.2 Å². The molecule has 1 aliphatic heterocycles. The van der Waals surface area contributed by atoms with Gasteiger partial charge in [0.1, 0.15) is 0 Å². The molecule has 0 aromatic heterocycles. The number of aryl methyl sites for hydroxylation is 1. The van der Waals surface area contributed by atoms with E-state index in [0.29, 0.717) is 18.6 Å². The first kappa shape index (κ1) is 11.3. The second kappa shape index (κ2) is 4.74. The van der Waals surface area contributed by atoms with Crippen molar-refractivity contribution in [2.75, 3.05) is 6.79 Å². The molecule has 0 saturated heterocycles. The quantitative estimate of drug-likeness (QED) is 0.924. The van der Waals surface area contributed by atoms with Gasteiger partial charge in [0.25, 0.3) is 0 Å². The topological polar surface area (TPSA) is 55.8 Å². The molecule has 1 heterocycles. The standard InChI is InChI=1S/C11H11BrO4/c12-8-5-4-7(2-1-3-9(13)14)10-11(8)16-6-15-10/h4-5H,1-3,6H2,(H,13,14). The van der Waals surface area contributed by atoms with Crippen LogP contribution >= 0.6 is 15.9 Å². The van der Waals surface area contributed by atoms with E-state index in [0.717, 1.165) is 15.8 Å². The van der Waals surface area contributed by atoms with Crippen molar-refractivity contribution in [2.45, 2.75) is 19.3 Å². The maximum atomic E-state index is 10.4. The third-order valence-electron chi connectivity index (χ3n) is 2.39. The predicted molar refractivity (Wildman–Crippen MR) is 60.8 cm³/mol. The van der Waals surface area contributed by atoms with Gasteiger partial charge in [0.2, 0.25) is 6.79 Å². The average Bonchev–Trinajstić information content (AvgIpc) is 2.70. The molecule has 0 saturated carbocycles. The van der Waals surface area contributed by atoms with Crippen LogP contribution in [0.4, 0.5) is 0 Å². The first-order chi connectivity index (χ1) is 7.68. The van der Waals surface area contributed by atoms with Crippen molar-refractivity contribution in [3.63, 3.8) is 0 Å². The molecule has 0 fully saturated rings. The minimum atomic E-state index is -0.772. The molecule has 0 radical (unpaired) electrons. The first-order valence-corrected chi connectivity index (χ1v) is 5.76. The second-order valence-corrected chi connectivity index (χ2v) is 4.37. The molecule has 0 bridgehead atoms. The maximum absolute atomic E-state index is 10.4. The highest BCUT2D eigenvalue weighted by molar-refractivity contribution is 9.10. The predicted octanol–water partition coefficient (Wildman–Crippen LogP) is 2.59. The Morgan fingerprint density at radius 1 is 1.38 bits per heavy atom. The summed E-state index contributed by atoms with van der Waals surface area (Å²) in [5, 5.41) is 8.57. The molecule has 0 aliphatic carbocycles. The molecule has 0 unspecified atom stereocenters. The number of carboxylic acids is 1. The Balaban J connectivity index is 2.10. The molecule has 16 heavy (non-hydrogen) atoms. The van der Waals surface area contributed by atoms with E-state index in [4.69, 9.17) is 14.6 Å². The van der Waals surface area contributed by atoms with Gasteiger partial charge < -0.3 is 14.6 Å². The fraction of sp³-hybridized carbons (Fsp3) is 0.364. The highest BCUT2D eigenvalue weighted by Gasteiger charge is 2.20. The maximum Gasteiger partial charge on any atom is 0.303 e. The Labute approximate surface area is 101 Å². The lowest BCUT2D eigenvalue weighted by Gasteiger charge is -2.05. The van der Waals surface area contributed by atoms with Crippen molar-refractivity contribution in [3.8, 4) is 11.5 Å². The first-order valence-electron chi connectivity index (χ1n) is 4.97. The molecule has 5 heteroatoms. The van der Waals surface area contributed by atoms with E-state index in [9.17, 15) is 4.79 Å². The Bertz CT molecular complexity index is 417. The van der Waals surface area contributed by atoms with Crippen molar-refractivity contribution >= 4 is 21.9 Å². The minimum absolute atomic E-state index is 0.172. The summed E-state index contributed by atoms with van der Waals surface area (Å²) < 4.78 is 11.5. The van der Waals surface area contributed by atoms with Crippen molar-refractivity contribution in [1.82, 2.24) is 0 Å². The van der Waals surface area contributed by atoms with E-state index in [1.807, 2.05) is 12.1 Å². The Morgan fingerprint density at radius 3 is 2.88 bits per heavy atom. The molecule has 1 aromatic rings. The van der Waals surface area contributed by atoms with Crippen molar-refractivity contribution in [2.24, 2.45) is 0 Å². The number of ether oxygens (including phenoxy) is 2. The summed E-state index contributed by atoms with van der Waals surface area (Å²) in [6.45, 7) is 0.226. The molecule has 2 rings (SSSR count). The van der Waals surface area contributed by atoms with Gasteiger partial charge in [0.15, 0.2) is 11.5 Å². The van der Waals surface area contributed by atoms with Gasteiger partial charge in [-0.05, 0) is 40.4 Å². The lowest BCUT2D eigenvalue weighted by atomic mass is 10.1. The van der Waals surface area contributed by atoms with Crippen LogP contribution < -0.4 is 9.47 Å². The van der Waals surface area contributed by atoms with Crippen LogP contribution in [0, 0.1) is 0 Å². The summed E-state index contributed by atoms with van der Waals surface area (Å²) in [6, 6.07) is 3.82. The zero-order valence-electron chi connectivity index (χ0n) is 8.53. The average molecular weight is 287 g/mol. The summed E-state index contributed by atoms with van der Waals surface area (Å²) >= 11 is 3.37. The SMILES string of the molecule is O=C(O)CCCc1ccc(Br)c2c1OCO2. The Kier molecular flexibility index (Phi) is 3.33. The molecule has 0 atom stereocenters. The highest BCUT2D eigenvalue weighted by atomic mass is 79.9. The van der Waals surface area contributed by atoms with Crippen LogP contribution in [0.5, 0.6) is 11.5 Å². The monoisotopic (exact) mass is 286 g/mol. The van der Waals surface area contributed by atoms with Gasteiger partial charge in [0.05, 0.1) is 4.47 Å². The summed E-state index contributed by atoms with van der Waals surface area (Å²) in [4.78, 5) is 10.4. The van der Waals surface area contributed by atoms with E-state index in [-0.39, 0.29) is 13.2 Å². The van der Waals surface area contributed by atoms with E-state index >= 15 is 0 Å². The van der Waals surface area contributed by atoms with E-state index in [1.165, 1.54) is 0 Å². The van der Waals surface area contributed by atoms with Crippen molar-refractivity contribution in [1.29, 1.82) is 0 Å². The molecule has 86 valence electrons. The number of benzene rings is 1. The Hall–Kier alpha value is -1.23. The number of hydrogen-bond acceptors (Lipinski definition) is 3. The van der Waals surface area contributed by atoms with E-state index in [1.54, 1.807) is 0 Å². The number of fused-ring (bicyclic) bond motifs is 1. The summed E-state index contributed by atoms with van der Waals surface area (Å²) in [5.74, 6) is 0.679. The van der Waals surface area contributed by atoms with Crippen LogP contribution in [-0.2, 0) is 11.2 Å². The third kappa shape index (κ3) is 2.29. The molecule has 0 spiro atoms. The van der Waals surface area contributed by atoms with Crippen LogP contribution in [-0.4, -0.2) is 17.9 Å². The van der Waals surface area contributed by atoms with Gasteiger partial charge in [-0.15, -0.1) is 0 Å². The molecule has 0 amide bonds. The lowest BCUT2D eigenvalue weighted by Crippen LogP contribution is -1.97. The van der Waals surface area contributed by atoms with Crippen LogP contribution in [0.15, 0.2) is 16.6 Å². The molecular formula is C11H11BrO4. The fourth-order valence-electron chi connectivity index (χ4n) is 1.65. The number of halogens is 1. The van der Waals surface area contributed by atoms with Gasteiger partial charge in [0, 0.05) is 6.42 Å². The molecular weight excluding hydrogens is 276 g/mol. The lowest BCUT2D eigenvalue weighted by molar-refractivity contribution is -0.137. The largest absolute Gasteiger partial charge is 0.481 e. The van der Waals surface area contributed by atoms with Gasteiger partial charge in [-0.1, -0.05) is 6.07 Å². The van der Waals surface area contributed by atoms with Crippen LogP contribution in [0.3, 0.4) is 0 Å². The zero-order chi connectivity index (χ0) is 11.5. The number of carboxylic acid groups (broad SMARTS) is 1. The molecule has 1 aliphatic rings. The minimum Gasteiger partial charge on any atom is -0.481 e. The van der Waals surface area contributed by atoms with Crippen molar-refractivity contribution < 1.29 is 19.4 Å². The summed E-state index contributed by atoms with van der Waals surface area (Å²) in [5.41, 5.74) is 0.997. The highest BCUT2D eigenvalue weighted by Crippen LogP contribution is 2.42. The number of rotatable bonds is 4. The van der Waals surface area contributed by atoms with Gasteiger partial charge >= 0.3 is 5.97 Å². The summed E-state index contributed by atoms with van der Waals surface area (Å²) in [6.07, 6.45) is 1.46. The van der Waals surface area contributed by atoms with E-state index in [2.05, 4.69) is 15.9 Å². The number of carbonyl (C=O) groups is 1. The fourth-order valence-corrected chi connectivity index (χ4v) is 2.07.